The summed E-state index contributed by atoms with van der Waals surface area (Å²) in [7, 11) is 0. The van der Waals surface area contributed by atoms with Crippen LogP contribution in [-0.2, 0) is 6.42 Å². The summed E-state index contributed by atoms with van der Waals surface area (Å²) in [6.45, 7) is 1.93. The Hall–Kier alpha value is -1.49. The van der Waals surface area contributed by atoms with Gasteiger partial charge in [-0.1, -0.05) is 29.8 Å². The van der Waals surface area contributed by atoms with Crippen molar-refractivity contribution in [2.75, 3.05) is 0 Å². The van der Waals surface area contributed by atoms with Gasteiger partial charge in [-0.15, -0.1) is 0 Å². The van der Waals surface area contributed by atoms with Gasteiger partial charge < -0.3 is 0 Å². The van der Waals surface area contributed by atoms with E-state index in [4.69, 9.17) is 17.4 Å². The van der Waals surface area contributed by atoms with Gasteiger partial charge in [0.25, 0.3) is 0 Å². The molecule has 0 heterocycles. The molecule has 0 fully saturated rings. The highest BCUT2D eigenvalue weighted by molar-refractivity contribution is 6.31. The molecule has 0 saturated heterocycles. The Balaban J connectivity index is 2.28. The van der Waals surface area contributed by atoms with Crippen LogP contribution in [0.3, 0.4) is 0 Å². The van der Waals surface area contributed by atoms with Crippen molar-refractivity contribution < 1.29 is 8.78 Å². The van der Waals surface area contributed by atoms with E-state index in [-0.39, 0.29) is 12.5 Å². The maximum Gasteiger partial charge on any atom is 0.129 e. The zero-order chi connectivity index (χ0) is 14.7. The van der Waals surface area contributed by atoms with Crippen LogP contribution in [0.25, 0.3) is 0 Å². The summed E-state index contributed by atoms with van der Waals surface area (Å²) in [5, 5.41) is 0.565. The van der Waals surface area contributed by atoms with Crippen molar-refractivity contribution >= 4 is 11.6 Å². The Labute approximate surface area is 121 Å². The smallest absolute Gasteiger partial charge is 0.129 e. The van der Waals surface area contributed by atoms with E-state index in [0.29, 0.717) is 10.6 Å². The number of rotatable bonds is 4. The lowest BCUT2D eigenvalue weighted by Crippen LogP contribution is -2.30. The molecular weight excluding hydrogens is 282 g/mol. The van der Waals surface area contributed by atoms with E-state index in [2.05, 4.69) is 5.43 Å². The van der Waals surface area contributed by atoms with E-state index < -0.39 is 11.6 Å². The normalized spacial score (nSPS) is 12.4. The maximum absolute atomic E-state index is 13.7. The third kappa shape index (κ3) is 3.33. The molecule has 2 nitrogen and oxygen atoms in total. The van der Waals surface area contributed by atoms with Gasteiger partial charge in [-0.25, -0.2) is 8.78 Å². The van der Waals surface area contributed by atoms with E-state index in [1.54, 1.807) is 0 Å². The average Bonchev–Trinajstić information content (AvgIpc) is 2.39. The first-order valence-corrected chi connectivity index (χ1v) is 6.55. The summed E-state index contributed by atoms with van der Waals surface area (Å²) in [5.74, 6) is 4.34. The standard InChI is InChI=1S/C15H15ClF2N2/c1-9-2-5-12(13(16)6-9)15(20-19)7-10-3-4-11(17)8-14(10)18/h2-6,8,15,20H,7,19H2,1H3. The summed E-state index contributed by atoms with van der Waals surface area (Å²) in [5.41, 5.74) is 4.82. The van der Waals surface area contributed by atoms with E-state index in [1.165, 1.54) is 12.1 Å². The van der Waals surface area contributed by atoms with E-state index in [0.717, 1.165) is 17.2 Å². The van der Waals surface area contributed by atoms with Gasteiger partial charge in [0.05, 0.1) is 6.04 Å². The third-order valence-electron chi connectivity index (χ3n) is 3.17. The number of halogens is 3. The maximum atomic E-state index is 13.7. The van der Waals surface area contributed by atoms with Crippen molar-refractivity contribution in [3.8, 4) is 0 Å². The fraction of sp³-hybridized carbons (Fsp3) is 0.200. The molecule has 3 N–H and O–H groups in total. The van der Waals surface area contributed by atoms with Crippen LogP contribution in [0, 0.1) is 18.6 Å². The summed E-state index contributed by atoms with van der Waals surface area (Å²) >= 11 is 6.18. The molecule has 106 valence electrons. The lowest BCUT2D eigenvalue weighted by atomic mass is 9.98. The first kappa shape index (κ1) is 14.9. The third-order valence-corrected chi connectivity index (χ3v) is 3.50. The topological polar surface area (TPSA) is 38.0 Å². The minimum absolute atomic E-state index is 0.283. The average molecular weight is 297 g/mol. The SMILES string of the molecule is Cc1ccc(C(Cc2ccc(F)cc2F)NN)c(Cl)c1. The highest BCUT2D eigenvalue weighted by Gasteiger charge is 2.16. The molecule has 0 amide bonds. The molecule has 2 aromatic carbocycles. The van der Waals surface area contributed by atoms with Gasteiger partial charge in [0.15, 0.2) is 0 Å². The van der Waals surface area contributed by atoms with E-state index >= 15 is 0 Å². The molecule has 0 bridgehead atoms. The van der Waals surface area contributed by atoms with Crippen molar-refractivity contribution in [3.05, 3.63) is 69.7 Å². The first-order valence-electron chi connectivity index (χ1n) is 6.17. The predicted molar refractivity (Wildman–Crippen MR) is 76.3 cm³/mol. The van der Waals surface area contributed by atoms with Crippen LogP contribution in [0.4, 0.5) is 8.78 Å². The van der Waals surface area contributed by atoms with Crippen LogP contribution >= 0.6 is 11.6 Å². The van der Waals surface area contributed by atoms with Gasteiger partial charge in [0.2, 0.25) is 0 Å². The number of aryl methyl sites for hydroxylation is 1. The second-order valence-electron chi connectivity index (χ2n) is 4.68. The molecule has 1 unspecified atom stereocenters. The fourth-order valence-corrected chi connectivity index (χ4v) is 2.45. The Morgan fingerprint density at radius 1 is 1.20 bits per heavy atom. The van der Waals surface area contributed by atoms with Crippen LogP contribution in [0.15, 0.2) is 36.4 Å². The van der Waals surface area contributed by atoms with Crippen LogP contribution in [-0.4, -0.2) is 0 Å². The molecular formula is C15H15ClF2N2. The molecule has 0 aliphatic carbocycles. The predicted octanol–water partition coefficient (Wildman–Crippen LogP) is 3.67. The number of hydrogen-bond acceptors (Lipinski definition) is 2. The number of hydrogen-bond donors (Lipinski definition) is 2. The highest BCUT2D eigenvalue weighted by Crippen LogP contribution is 2.27. The van der Waals surface area contributed by atoms with Crippen molar-refractivity contribution in [1.82, 2.24) is 5.43 Å². The van der Waals surface area contributed by atoms with Crippen LogP contribution in [0.2, 0.25) is 5.02 Å². The lowest BCUT2D eigenvalue weighted by molar-refractivity contribution is 0.522. The van der Waals surface area contributed by atoms with Crippen LogP contribution in [0.1, 0.15) is 22.7 Å². The van der Waals surface area contributed by atoms with Gasteiger partial charge in [0.1, 0.15) is 11.6 Å². The zero-order valence-corrected chi connectivity index (χ0v) is 11.7. The Kier molecular flexibility index (Phi) is 4.70. The van der Waals surface area contributed by atoms with Gasteiger partial charge in [0, 0.05) is 11.1 Å². The molecule has 2 aromatic rings. The highest BCUT2D eigenvalue weighted by atomic mass is 35.5. The first-order chi connectivity index (χ1) is 9.51. The second-order valence-corrected chi connectivity index (χ2v) is 5.09. The lowest BCUT2D eigenvalue weighted by Gasteiger charge is -2.18. The van der Waals surface area contributed by atoms with Crippen LogP contribution < -0.4 is 11.3 Å². The fourth-order valence-electron chi connectivity index (χ4n) is 2.08. The summed E-state index contributed by atoms with van der Waals surface area (Å²) in [6.07, 6.45) is 0.283. The molecule has 0 aliphatic heterocycles. The van der Waals surface area contributed by atoms with Gasteiger partial charge in [-0.05, 0) is 42.2 Å². The van der Waals surface area contributed by atoms with E-state index in [9.17, 15) is 8.78 Å². The number of benzene rings is 2. The molecule has 20 heavy (non-hydrogen) atoms. The van der Waals surface area contributed by atoms with Gasteiger partial charge >= 0.3 is 0 Å². The molecule has 0 spiro atoms. The molecule has 0 aliphatic rings. The molecule has 1 atom stereocenters. The Bertz CT molecular complexity index is 617. The summed E-state index contributed by atoms with van der Waals surface area (Å²) in [6, 6.07) is 8.74. The quantitative estimate of drug-likeness (QED) is 0.667. The minimum Gasteiger partial charge on any atom is -0.271 e. The number of nitrogens with one attached hydrogen (secondary N) is 1. The van der Waals surface area contributed by atoms with Crippen molar-refractivity contribution in [2.45, 2.75) is 19.4 Å². The van der Waals surface area contributed by atoms with Crippen LogP contribution in [0.5, 0.6) is 0 Å². The monoisotopic (exact) mass is 296 g/mol. The van der Waals surface area contributed by atoms with Crippen molar-refractivity contribution in [1.29, 1.82) is 0 Å². The Morgan fingerprint density at radius 3 is 2.55 bits per heavy atom. The second kappa shape index (κ2) is 6.31. The van der Waals surface area contributed by atoms with Crippen molar-refractivity contribution in [2.24, 2.45) is 5.84 Å². The molecule has 5 heteroatoms. The van der Waals surface area contributed by atoms with Gasteiger partial charge in [-0.3, -0.25) is 11.3 Å². The number of nitrogens with two attached hydrogens (primary N) is 1. The summed E-state index contributed by atoms with van der Waals surface area (Å²) < 4.78 is 26.6. The molecule has 0 radical (unpaired) electrons. The van der Waals surface area contributed by atoms with E-state index in [1.807, 2.05) is 25.1 Å². The molecule has 0 aromatic heterocycles. The molecule has 2 rings (SSSR count). The summed E-state index contributed by atoms with van der Waals surface area (Å²) in [4.78, 5) is 0. The largest absolute Gasteiger partial charge is 0.271 e. The zero-order valence-electron chi connectivity index (χ0n) is 11.0. The Morgan fingerprint density at radius 2 is 1.95 bits per heavy atom. The minimum atomic E-state index is -0.600. The van der Waals surface area contributed by atoms with Crippen molar-refractivity contribution in [3.63, 3.8) is 0 Å². The molecule has 0 saturated carbocycles. The van der Waals surface area contributed by atoms with Gasteiger partial charge in [-0.2, -0.15) is 0 Å². The number of hydrazine groups is 1.